The fraction of sp³-hybridized carbons (Fsp3) is 0.364. The molecule has 0 aliphatic heterocycles. The van der Waals surface area contributed by atoms with Crippen molar-refractivity contribution >= 4 is 27.8 Å². The Bertz CT molecular complexity index is 838. The highest BCUT2D eigenvalue weighted by Gasteiger charge is 2.30. The van der Waals surface area contributed by atoms with Gasteiger partial charge in [-0.15, -0.1) is 0 Å². The second-order valence-corrected chi connectivity index (χ2v) is 7.83. The van der Waals surface area contributed by atoms with E-state index in [0.717, 1.165) is 11.1 Å². The Morgan fingerprint density at radius 3 is 2.36 bits per heavy atom. The zero-order valence-corrected chi connectivity index (χ0v) is 17.9. The van der Waals surface area contributed by atoms with Crippen LogP contribution in [0.15, 0.2) is 46.9 Å². The fourth-order valence-electron chi connectivity index (χ4n) is 3.11. The number of rotatable bonds is 8. The highest BCUT2D eigenvalue weighted by atomic mass is 79.9. The lowest BCUT2D eigenvalue weighted by atomic mass is 9.88. The monoisotopic (exact) mass is 449 g/mol. The van der Waals surface area contributed by atoms with Gasteiger partial charge in [-0.3, -0.25) is 9.59 Å². The summed E-state index contributed by atoms with van der Waals surface area (Å²) in [5, 5.41) is 2.95. The maximum Gasteiger partial charge on any atom is 0.302 e. The Morgan fingerprint density at radius 1 is 1.14 bits per heavy atom. The summed E-state index contributed by atoms with van der Waals surface area (Å²) in [6.07, 6.45) is 1.96. The molecule has 0 fully saturated rings. The summed E-state index contributed by atoms with van der Waals surface area (Å²) in [6, 6.07) is 12.7. The minimum Gasteiger partial charge on any atom is -0.463 e. The summed E-state index contributed by atoms with van der Waals surface area (Å²) in [7, 11) is 0. The van der Waals surface area contributed by atoms with E-state index in [1.165, 1.54) is 19.9 Å². The number of esters is 1. The third-order valence-electron chi connectivity index (χ3n) is 4.76. The summed E-state index contributed by atoms with van der Waals surface area (Å²) in [5.74, 6) is -0.807. The van der Waals surface area contributed by atoms with Crippen LogP contribution in [0.1, 0.15) is 39.2 Å². The normalized spacial score (nSPS) is 12.9. The van der Waals surface area contributed by atoms with Gasteiger partial charge in [0.15, 0.2) is 0 Å². The van der Waals surface area contributed by atoms with E-state index in [1.807, 2.05) is 37.3 Å². The molecule has 2 aromatic carbocycles. The molecule has 0 aliphatic rings. The summed E-state index contributed by atoms with van der Waals surface area (Å²) >= 11 is 3.26. The number of hydrogen-bond acceptors (Lipinski definition) is 3. The summed E-state index contributed by atoms with van der Waals surface area (Å²) in [4.78, 5) is 22.9. The molecular weight excluding hydrogens is 425 g/mol. The van der Waals surface area contributed by atoms with E-state index in [-0.39, 0.29) is 24.3 Å². The van der Waals surface area contributed by atoms with Crippen LogP contribution >= 0.6 is 15.9 Å². The Hall–Kier alpha value is -2.21. The highest BCUT2D eigenvalue weighted by Crippen LogP contribution is 2.27. The third-order valence-corrected chi connectivity index (χ3v) is 5.25. The molecule has 0 saturated heterocycles. The summed E-state index contributed by atoms with van der Waals surface area (Å²) in [5.41, 5.74) is 1.81. The number of benzene rings is 2. The van der Waals surface area contributed by atoms with Crippen molar-refractivity contribution in [1.82, 2.24) is 5.32 Å². The Balaban J connectivity index is 2.12. The molecule has 28 heavy (non-hydrogen) atoms. The molecule has 0 saturated carbocycles. The molecule has 0 bridgehead atoms. The van der Waals surface area contributed by atoms with Gasteiger partial charge in [0, 0.05) is 23.9 Å². The lowest BCUT2D eigenvalue weighted by molar-refractivity contribution is -0.144. The van der Waals surface area contributed by atoms with Crippen molar-refractivity contribution in [3.63, 3.8) is 0 Å². The van der Waals surface area contributed by atoms with Crippen LogP contribution < -0.4 is 5.32 Å². The van der Waals surface area contributed by atoms with Crippen LogP contribution in [0.2, 0.25) is 0 Å². The Morgan fingerprint density at radius 2 is 1.82 bits per heavy atom. The molecule has 4 nitrogen and oxygen atoms in total. The highest BCUT2D eigenvalue weighted by molar-refractivity contribution is 9.10. The topological polar surface area (TPSA) is 55.4 Å². The van der Waals surface area contributed by atoms with Crippen molar-refractivity contribution in [2.75, 3.05) is 6.61 Å². The van der Waals surface area contributed by atoms with Crippen molar-refractivity contribution in [2.45, 2.75) is 45.6 Å². The number of nitrogens with one attached hydrogen (secondary N) is 1. The summed E-state index contributed by atoms with van der Waals surface area (Å²) < 4.78 is 20.0. The second-order valence-electron chi connectivity index (χ2n) is 6.92. The van der Waals surface area contributed by atoms with Crippen LogP contribution in [-0.4, -0.2) is 24.0 Å². The second kappa shape index (κ2) is 9.82. The smallest absolute Gasteiger partial charge is 0.302 e. The average molecular weight is 450 g/mol. The SMILES string of the molecule is CCC(CCc1ccc(-c2ccc(Br)cc2F)cc1)(COC(C)=O)NC(C)=O. The number of ether oxygens (including phenoxy) is 1. The van der Waals surface area contributed by atoms with Gasteiger partial charge in [-0.25, -0.2) is 4.39 Å². The van der Waals surface area contributed by atoms with Gasteiger partial charge in [-0.1, -0.05) is 53.2 Å². The molecule has 0 heterocycles. The largest absolute Gasteiger partial charge is 0.463 e. The Labute approximate surface area is 173 Å². The molecule has 0 aliphatic carbocycles. The maximum atomic E-state index is 14.1. The molecule has 1 amide bonds. The molecular formula is C22H25BrFNO3. The number of halogens is 2. The van der Waals surface area contributed by atoms with Gasteiger partial charge in [0.2, 0.25) is 5.91 Å². The average Bonchev–Trinajstić information content (AvgIpc) is 2.64. The molecule has 1 N–H and O–H groups in total. The summed E-state index contributed by atoms with van der Waals surface area (Å²) in [6.45, 7) is 4.91. The van der Waals surface area contributed by atoms with E-state index in [1.54, 1.807) is 6.07 Å². The first kappa shape index (κ1) is 22.1. The van der Waals surface area contributed by atoms with E-state index in [4.69, 9.17) is 4.74 Å². The standard InChI is InChI=1S/C22H25BrFNO3/c1-4-22(25-15(2)26,14-28-16(3)27)12-11-17-5-7-18(8-6-17)20-10-9-19(23)13-21(20)24/h5-10,13H,4,11-12,14H2,1-3H3,(H,25,26). The van der Waals surface area contributed by atoms with Crippen molar-refractivity contribution in [3.05, 3.63) is 58.3 Å². The van der Waals surface area contributed by atoms with Gasteiger partial charge < -0.3 is 10.1 Å². The minimum atomic E-state index is -0.603. The Kier molecular flexibility index (Phi) is 7.75. The van der Waals surface area contributed by atoms with Crippen molar-refractivity contribution in [1.29, 1.82) is 0 Å². The van der Waals surface area contributed by atoms with E-state index < -0.39 is 5.54 Å². The van der Waals surface area contributed by atoms with Crippen LogP contribution in [0, 0.1) is 5.82 Å². The van der Waals surface area contributed by atoms with Crippen molar-refractivity contribution < 1.29 is 18.7 Å². The van der Waals surface area contributed by atoms with Gasteiger partial charge in [0.25, 0.3) is 0 Å². The van der Waals surface area contributed by atoms with Crippen molar-refractivity contribution in [3.8, 4) is 11.1 Å². The van der Waals surface area contributed by atoms with Gasteiger partial charge in [-0.05, 0) is 42.5 Å². The molecule has 0 aromatic heterocycles. The third kappa shape index (κ3) is 6.16. The lowest BCUT2D eigenvalue weighted by Gasteiger charge is -2.33. The minimum absolute atomic E-state index is 0.139. The van der Waals surface area contributed by atoms with Crippen LogP contribution in [0.25, 0.3) is 11.1 Å². The van der Waals surface area contributed by atoms with Gasteiger partial charge >= 0.3 is 5.97 Å². The van der Waals surface area contributed by atoms with E-state index in [9.17, 15) is 14.0 Å². The predicted octanol–water partition coefficient (Wildman–Crippen LogP) is 5.04. The fourth-order valence-corrected chi connectivity index (χ4v) is 3.44. The van der Waals surface area contributed by atoms with E-state index >= 15 is 0 Å². The zero-order chi connectivity index (χ0) is 20.7. The maximum absolute atomic E-state index is 14.1. The van der Waals surface area contributed by atoms with E-state index in [2.05, 4.69) is 21.2 Å². The van der Waals surface area contributed by atoms with Crippen LogP contribution in [0.5, 0.6) is 0 Å². The first-order valence-corrected chi connectivity index (χ1v) is 10.0. The van der Waals surface area contributed by atoms with Crippen molar-refractivity contribution in [2.24, 2.45) is 0 Å². The van der Waals surface area contributed by atoms with Crippen LogP contribution in [0.4, 0.5) is 4.39 Å². The molecule has 1 atom stereocenters. The first-order valence-electron chi connectivity index (χ1n) is 9.21. The number of carbonyl (C=O) groups excluding carboxylic acids is 2. The van der Waals surface area contributed by atoms with Crippen LogP contribution in [0.3, 0.4) is 0 Å². The quantitative estimate of drug-likeness (QED) is 0.574. The van der Waals surface area contributed by atoms with Gasteiger partial charge in [0.05, 0.1) is 5.54 Å². The number of amides is 1. The first-order chi connectivity index (χ1) is 13.2. The number of aryl methyl sites for hydroxylation is 1. The molecule has 1 unspecified atom stereocenters. The number of carbonyl (C=O) groups is 2. The number of hydrogen-bond donors (Lipinski definition) is 1. The zero-order valence-electron chi connectivity index (χ0n) is 16.4. The molecule has 2 rings (SSSR count). The molecule has 0 radical (unpaired) electrons. The lowest BCUT2D eigenvalue weighted by Crippen LogP contribution is -2.51. The van der Waals surface area contributed by atoms with E-state index in [0.29, 0.717) is 29.3 Å². The molecule has 6 heteroatoms. The molecule has 150 valence electrons. The molecule has 2 aromatic rings. The predicted molar refractivity (Wildman–Crippen MR) is 111 cm³/mol. The molecule has 0 spiro atoms. The van der Waals surface area contributed by atoms with Crippen LogP contribution in [-0.2, 0) is 20.7 Å². The van der Waals surface area contributed by atoms with Gasteiger partial charge in [-0.2, -0.15) is 0 Å². The van der Waals surface area contributed by atoms with Gasteiger partial charge in [0.1, 0.15) is 12.4 Å².